The molecule has 0 saturated carbocycles. The van der Waals surface area contributed by atoms with Crippen molar-refractivity contribution in [2.75, 3.05) is 12.4 Å². The van der Waals surface area contributed by atoms with Crippen molar-refractivity contribution in [2.45, 2.75) is 12.7 Å². The number of hydrogen-bond donors (Lipinski definition) is 1. The number of rotatable bonds is 7. The Morgan fingerprint density at radius 1 is 1.19 bits per heavy atom. The first kappa shape index (κ1) is 15.9. The monoisotopic (exact) mass is 317 g/mol. The molecule has 110 valence electrons. The summed E-state index contributed by atoms with van der Waals surface area (Å²) >= 11 is 6.83. The second-order valence-corrected chi connectivity index (χ2v) is 6.33. The van der Waals surface area contributed by atoms with Crippen molar-refractivity contribution in [1.82, 2.24) is 0 Å². The molecular formula is C17H19NOS2. The first-order chi connectivity index (χ1) is 10.1. The lowest BCUT2D eigenvalue weighted by Crippen LogP contribution is -2.09. The summed E-state index contributed by atoms with van der Waals surface area (Å²) in [5.74, 6) is 2.82. The third-order valence-corrected chi connectivity index (χ3v) is 4.19. The lowest BCUT2D eigenvalue weighted by molar-refractivity contribution is 0.343. The Balaban J connectivity index is 1.72. The smallest absolute Gasteiger partial charge is 0.119 e. The Morgan fingerprint density at radius 3 is 2.76 bits per heavy atom. The lowest BCUT2D eigenvalue weighted by Gasteiger charge is -2.07. The molecule has 21 heavy (non-hydrogen) atoms. The molecule has 0 heterocycles. The van der Waals surface area contributed by atoms with Crippen LogP contribution in [0.2, 0.25) is 0 Å². The molecule has 2 aromatic carbocycles. The van der Waals surface area contributed by atoms with E-state index in [1.807, 2.05) is 36.0 Å². The van der Waals surface area contributed by atoms with Crippen molar-refractivity contribution >= 4 is 29.0 Å². The molecule has 2 aromatic rings. The molecule has 0 saturated heterocycles. The van der Waals surface area contributed by atoms with Gasteiger partial charge >= 0.3 is 0 Å². The number of benzene rings is 2. The molecule has 2 nitrogen and oxygen atoms in total. The van der Waals surface area contributed by atoms with Gasteiger partial charge in [-0.25, -0.2) is 0 Å². The van der Waals surface area contributed by atoms with Gasteiger partial charge in [0.05, 0.1) is 6.61 Å². The molecule has 0 aliphatic heterocycles. The minimum Gasteiger partial charge on any atom is -0.493 e. The maximum absolute atomic E-state index is 5.73. The maximum Gasteiger partial charge on any atom is 0.119 e. The third-order valence-electron chi connectivity index (χ3n) is 2.97. The van der Waals surface area contributed by atoms with E-state index in [-0.39, 0.29) is 0 Å². The van der Waals surface area contributed by atoms with Crippen LogP contribution in [0.5, 0.6) is 5.75 Å². The van der Waals surface area contributed by atoms with E-state index in [0.717, 1.165) is 22.8 Å². The van der Waals surface area contributed by atoms with Crippen molar-refractivity contribution in [3.8, 4) is 5.75 Å². The SMILES string of the molecule is Cc1cccc(OCCSCc2cccc(C(N)=S)c2)c1. The van der Waals surface area contributed by atoms with Gasteiger partial charge < -0.3 is 10.5 Å². The summed E-state index contributed by atoms with van der Waals surface area (Å²) in [4.78, 5) is 0.449. The summed E-state index contributed by atoms with van der Waals surface area (Å²) in [5, 5.41) is 0. The zero-order valence-corrected chi connectivity index (χ0v) is 13.7. The third kappa shape index (κ3) is 5.40. The first-order valence-electron chi connectivity index (χ1n) is 6.81. The molecule has 0 aliphatic rings. The second-order valence-electron chi connectivity index (χ2n) is 4.78. The van der Waals surface area contributed by atoms with Crippen molar-refractivity contribution in [2.24, 2.45) is 5.73 Å². The standard InChI is InChI=1S/C17H19NOS2/c1-13-4-2-7-16(10-13)19-8-9-21-12-14-5-3-6-15(11-14)17(18)20/h2-7,10-11H,8-9,12H2,1H3,(H2,18,20). The highest BCUT2D eigenvalue weighted by molar-refractivity contribution is 7.98. The highest BCUT2D eigenvalue weighted by Crippen LogP contribution is 2.16. The normalized spacial score (nSPS) is 10.3. The zero-order chi connectivity index (χ0) is 15.1. The summed E-state index contributed by atoms with van der Waals surface area (Å²) < 4.78 is 5.73. The Morgan fingerprint density at radius 2 is 2.00 bits per heavy atom. The first-order valence-corrected chi connectivity index (χ1v) is 8.37. The van der Waals surface area contributed by atoms with Gasteiger partial charge in [0.25, 0.3) is 0 Å². The molecule has 2 rings (SSSR count). The van der Waals surface area contributed by atoms with Crippen LogP contribution in [-0.2, 0) is 5.75 Å². The van der Waals surface area contributed by atoms with Gasteiger partial charge in [-0.2, -0.15) is 11.8 Å². The molecule has 0 bridgehead atoms. The van der Waals surface area contributed by atoms with E-state index >= 15 is 0 Å². The zero-order valence-electron chi connectivity index (χ0n) is 12.0. The summed E-state index contributed by atoms with van der Waals surface area (Å²) in [6.45, 7) is 2.78. The number of nitrogens with two attached hydrogens (primary N) is 1. The van der Waals surface area contributed by atoms with E-state index in [2.05, 4.69) is 31.2 Å². The molecule has 0 spiro atoms. The van der Waals surface area contributed by atoms with Crippen LogP contribution in [0.3, 0.4) is 0 Å². The van der Waals surface area contributed by atoms with E-state index < -0.39 is 0 Å². The summed E-state index contributed by atoms with van der Waals surface area (Å²) in [6.07, 6.45) is 0. The summed E-state index contributed by atoms with van der Waals surface area (Å²) in [6, 6.07) is 16.2. The minimum atomic E-state index is 0.449. The van der Waals surface area contributed by atoms with Gasteiger partial charge in [0.2, 0.25) is 0 Å². The molecule has 0 radical (unpaired) electrons. The van der Waals surface area contributed by atoms with Crippen molar-refractivity contribution in [1.29, 1.82) is 0 Å². The van der Waals surface area contributed by atoms with Crippen LogP contribution >= 0.6 is 24.0 Å². The van der Waals surface area contributed by atoms with Gasteiger partial charge in [0.1, 0.15) is 10.7 Å². The molecule has 0 aromatic heterocycles. The summed E-state index contributed by atoms with van der Waals surface area (Å²) in [7, 11) is 0. The van der Waals surface area contributed by atoms with Crippen LogP contribution in [0.4, 0.5) is 0 Å². The number of thiocarbonyl (C=S) groups is 1. The Kier molecular flexibility index (Phi) is 6.08. The predicted molar refractivity (Wildman–Crippen MR) is 95.2 cm³/mol. The number of aryl methyl sites for hydroxylation is 1. The molecule has 0 unspecified atom stereocenters. The Bertz CT molecular complexity index is 613. The number of ether oxygens (including phenoxy) is 1. The average Bonchev–Trinajstić information content (AvgIpc) is 2.47. The van der Waals surface area contributed by atoms with Crippen LogP contribution in [-0.4, -0.2) is 17.3 Å². The van der Waals surface area contributed by atoms with Gasteiger partial charge in [-0.15, -0.1) is 0 Å². The van der Waals surface area contributed by atoms with E-state index in [0.29, 0.717) is 11.6 Å². The molecule has 0 fully saturated rings. The van der Waals surface area contributed by atoms with Crippen molar-refractivity contribution < 1.29 is 4.74 Å². The van der Waals surface area contributed by atoms with Crippen molar-refractivity contribution in [3.63, 3.8) is 0 Å². The lowest BCUT2D eigenvalue weighted by atomic mass is 10.1. The molecule has 2 N–H and O–H groups in total. The topological polar surface area (TPSA) is 35.2 Å². The van der Waals surface area contributed by atoms with Gasteiger partial charge in [0.15, 0.2) is 0 Å². The van der Waals surface area contributed by atoms with E-state index in [1.54, 1.807) is 0 Å². The van der Waals surface area contributed by atoms with E-state index in [9.17, 15) is 0 Å². The van der Waals surface area contributed by atoms with E-state index in [4.69, 9.17) is 22.7 Å². The quantitative estimate of drug-likeness (QED) is 0.620. The van der Waals surface area contributed by atoms with E-state index in [1.165, 1.54) is 11.1 Å². The molecule has 0 aliphatic carbocycles. The maximum atomic E-state index is 5.73. The van der Waals surface area contributed by atoms with Gasteiger partial charge in [0, 0.05) is 17.1 Å². The van der Waals surface area contributed by atoms with Crippen LogP contribution in [0.25, 0.3) is 0 Å². The van der Waals surface area contributed by atoms with Crippen molar-refractivity contribution in [3.05, 3.63) is 65.2 Å². The molecule has 0 amide bonds. The van der Waals surface area contributed by atoms with Gasteiger partial charge in [-0.1, -0.05) is 42.5 Å². The number of hydrogen-bond acceptors (Lipinski definition) is 3. The fraction of sp³-hybridized carbons (Fsp3) is 0.235. The largest absolute Gasteiger partial charge is 0.493 e. The van der Waals surface area contributed by atoms with Gasteiger partial charge in [-0.05, 0) is 36.2 Å². The Labute approximate surface area is 135 Å². The minimum absolute atomic E-state index is 0.449. The molecule has 0 atom stereocenters. The summed E-state index contributed by atoms with van der Waals surface area (Å²) in [5.41, 5.74) is 9.02. The molecule has 4 heteroatoms. The Hall–Kier alpha value is -1.52. The second kappa shape index (κ2) is 8.05. The van der Waals surface area contributed by atoms with Crippen LogP contribution < -0.4 is 10.5 Å². The van der Waals surface area contributed by atoms with Gasteiger partial charge in [-0.3, -0.25) is 0 Å². The van der Waals surface area contributed by atoms with Crippen LogP contribution in [0, 0.1) is 6.92 Å². The fourth-order valence-corrected chi connectivity index (χ4v) is 2.82. The number of thioether (sulfide) groups is 1. The van der Waals surface area contributed by atoms with Crippen LogP contribution in [0.15, 0.2) is 48.5 Å². The highest BCUT2D eigenvalue weighted by Gasteiger charge is 1.99. The fourth-order valence-electron chi connectivity index (χ4n) is 1.93. The molecular weight excluding hydrogens is 298 g/mol. The van der Waals surface area contributed by atoms with Crippen LogP contribution in [0.1, 0.15) is 16.7 Å². The predicted octanol–water partition coefficient (Wildman–Crippen LogP) is 3.94. The highest BCUT2D eigenvalue weighted by atomic mass is 32.2. The average molecular weight is 317 g/mol.